The lowest BCUT2D eigenvalue weighted by Crippen LogP contribution is -2.34. The first kappa shape index (κ1) is 16.0. The summed E-state index contributed by atoms with van der Waals surface area (Å²) >= 11 is 0. The van der Waals surface area contributed by atoms with E-state index < -0.39 is 23.5 Å². The third kappa shape index (κ3) is 5.31. The van der Waals surface area contributed by atoms with Crippen LogP contribution in [0, 0.1) is 11.6 Å². The van der Waals surface area contributed by atoms with Crippen molar-refractivity contribution in [1.29, 1.82) is 0 Å². The molecule has 1 amide bonds. The van der Waals surface area contributed by atoms with E-state index in [1.54, 1.807) is 11.8 Å². The van der Waals surface area contributed by atoms with E-state index in [1.165, 1.54) is 0 Å². The van der Waals surface area contributed by atoms with Gasteiger partial charge in [-0.1, -0.05) is 6.92 Å². The third-order valence-corrected chi connectivity index (χ3v) is 2.66. The summed E-state index contributed by atoms with van der Waals surface area (Å²) < 4.78 is 26.0. The second kappa shape index (κ2) is 7.54. The Bertz CT molecular complexity index is 495. The van der Waals surface area contributed by atoms with E-state index in [0.717, 1.165) is 12.1 Å². The number of aliphatic carboxylic acids is 1. The van der Waals surface area contributed by atoms with Crippen molar-refractivity contribution >= 4 is 17.6 Å². The molecule has 20 heavy (non-hydrogen) atoms. The molecule has 0 aliphatic rings. The van der Waals surface area contributed by atoms with Crippen LogP contribution in [0.3, 0.4) is 0 Å². The Balaban J connectivity index is 2.55. The van der Waals surface area contributed by atoms with E-state index in [4.69, 9.17) is 5.11 Å². The zero-order valence-electron chi connectivity index (χ0n) is 11.0. The maximum atomic E-state index is 13.3. The summed E-state index contributed by atoms with van der Waals surface area (Å²) in [5.74, 6) is -3.01. The van der Waals surface area contributed by atoms with Crippen LogP contribution < -0.4 is 5.32 Å². The van der Waals surface area contributed by atoms with E-state index in [2.05, 4.69) is 5.32 Å². The van der Waals surface area contributed by atoms with Crippen molar-refractivity contribution in [1.82, 2.24) is 4.90 Å². The number of carboxylic acids is 1. The maximum Gasteiger partial charge on any atom is 0.304 e. The smallest absolute Gasteiger partial charge is 0.304 e. The molecule has 1 aromatic rings. The average molecular weight is 286 g/mol. The normalized spacial score (nSPS) is 10.6. The zero-order valence-corrected chi connectivity index (χ0v) is 11.0. The van der Waals surface area contributed by atoms with Gasteiger partial charge in [0.15, 0.2) is 0 Å². The van der Waals surface area contributed by atoms with Gasteiger partial charge in [-0.05, 0) is 18.7 Å². The molecule has 0 aliphatic heterocycles. The van der Waals surface area contributed by atoms with Crippen LogP contribution in [0.5, 0.6) is 0 Å². The number of nitrogens with one attached hydrogen (secondary N) is 1. The Hall–Kier alpha value is -2.02. The first-order valence-corrected chi connectivity index (χ1v) is 6.11. The third-order valence-electron chi connectivity index (χ3n) is 2.66. The highest BCUT2D eigenvalue weighted by molar-refractivity contribution is 5.92. The quantitative estimate of drug-likeness (QED) is 0.800. The lowest BCUT2D eigenvalue weighted by Gasteiger charge is -2.18. The van der Waals surface area contributed by atoms with Gasteiger partial charge in [-0.3, -0.25) is 14.5 Å². The number of benzene rings is 1. The molecule has 0 saturated carbocycles. The number of amides is 1. The van der Waals surface area contributed by atoms with Crippen molar-refractivity contribution in [3.63, 3.8) is 0 Å². The highest BCUT2D eigenvalue weighted by Gasteiger charge is 2.12. The minimum Gasteiger partial charge on any atom is -0.481 e. The van der Waals surface area contributed by atoms with Gasteiger partial charge in [0.25, 0.3) is 0 Å². The van der Waals surface area contributed by atoms with Crippen LogP contribution in [-0.4, -0.2) is 41.5 Å². The molecule has 0 radical (unpaired) electrons. The van der Waals surface area contributed by atoms with Crippen molar-refractivity contribution < 1.29 is 23.5 Å². The molecule has 110 valence electrons. The molecule has 1 rings (SSSR count). The van der Waals surface area contributed by atoms with E-state index in [9.17, 15) is 18.4 Å². The summed E-state index contributed by atoms with van der Waals surface area (Å²) in [5, 5.41) is 10.9. The second-order valence-corrected chi connectivity index (χ2v) is 4.18. The van der Waals surface area contributed by atoms with Gasteiger partial charge in [0, 0.05) is 12.6 Å². The van der Waals surface area contributed by atoms with Crippen molar-refractivity contribution in [2.24, 2.45) is 0 Å². The molecule has 2 N–H and O–H groups in total. The molecule has 0 spiro atoms. The van der Waals surface area contributed by atoms with E-state index >= 15 is 0 Å². The van der Waals surface area contributed by atoms with Crippen LogP contribution in [-0.2, 0) is 9.59 Å². The number of hydrogen-bond acceptors (Lipinski definition) is 3. The Labute approximate surface area is 115 Å². The van der Waals surface area contributed by atoms with E-state index in [0.29, 0.717) is 12.6 Å². The summed E-state index contributed by atoms with van der Waals surface area (Å²) in [6.45, 7) is 2.45. The van der Waals surface area contributed by atoms with Crippen LogP contribution >= 0.6 is 0 Å². The fourth-order valence-corrected chi connectivity index (χ4v) is 1.59. The zero-order chi connectivity index (χ0) is 15.1. The molecule has 0 saturated heterocycles. The van der Waals surface area contributed by atoms with Gasteiger partial charge in [-0.15, -0.1) is 0 Å². The monoisotopic (exact) mass is 286 g/mol. The van der Waals surface area contributed by atoms with Crippen molar-refractivity contribution in [3.05, 3.63) is 29.8 Å². The molecule has 0 fully saturated rings. The topological polar surface area (TPSA) is 69.6 Å². The van der Waals surface area contributed by atoms with Crippen molar-refractivity contribution in [3.8, 4) is 0 Å². The Morgan fingerprint density at radius 2 is 2.05 bits per heavy atom. The van der Waals surface area contributed by atoms with Crippen LogP contribution in [0.15, 0.2) is 18.2 Å². The van der Waals surface area contributed by atoms with Gasteiger partial charge in [-0.2, -0.15) is 0 Å². The standard InChI is InChI=1S/C13H16F2N2O3/c1-2-17(6-5-13(19)20)8-12(18)16-11-4-3-9(14)7-10(11)15/h3-4,7H,2,5-6,8H2,1H3,(H,16,18)(H,19,20). The number of carbonyl (C=O) groups excluding carboxylic acids is 1. The summed E-state index contributed by atoms with van der Waals surface area (Å²) in [4.78, 5) is 23.8. The highest BCUT2D eigenvalue weighted by Crippen LogP contribution is 2.14. The summed E-state index contributed by atoms with van der Waals surface area (Å²) in [6.07, 6.45) is -0.0774. The van der Waals surface area contributed by atoms with Gasteiger partial charge in [0.2, 0.25) is 5.91 Å². The van der Waals surface area contributed by atoms with E-state index in [1.807, 2.05) is 0 Å². The second-order valence-electron chi connectivity index (χ2n) is 4.18. The predicted octanol–water partition coefficient (Wildman–Crippen LogP) is 1.70. The number of hydrogen-bond donors (Lipinski definition) is 2. The maximum absolute atomic E-state index is 13.3. The molecule has 0 bridgehead atoms. The average Bonchev–Trinajstić information content (AvgIpc) is 2.37. The highest BCUT2D eigenvalue weighted by atomic mass is 19.1. The summed E-state index contributed by atoms with van der Waals surface area (Å²) in [7, 11) is 0. The number of rotatable bonds is 7. The van der Waals surface area contributed by atoms with Gasteiger partial charge < -0.3 is 10.4 Å². The molecule has 5 nitrogen and oxygen atoms in total. The minimum atomic E-state index is -0.951. The molecule has 0 aromatic heterocycles. The number of carbonyl (C=O) groups is 2. The Kier molecular flexibility index (Phi) is 6.05. The molecular weight excluding hydrogens is 270 g/mol. The van der Waals surface area contributed by atoms with Gasteiger partial charge in [0.1, 0.15) is 11.6 Å². The Morgan fingerprint density at radius 1 is 1.35 bits per heavy atom. The number of likely N-dealkylation sites (N-methyl/N-ethyl adjacent to an activating group) is 1. The largest absolute Gasteiger partial charge is 0.481 e. The summed E-state index contributed by atoms with van der Waals surface area (Å²) in [6, 6.07) is 2.86. The molecule has 1 aromatic carbocycles. The fourth-order valence-electron chi connectivity index (χ4n) is 1.59. The summed E-state index contributed by atoms with van der Waals surface area (Å²) in [5.41, 5.74) is -0.106. The van der Waals surface area contributed by atoms with Crippen molar-refractivity contribution in [2.45, 2.75) is 13.3 Å². The lowest BCUT2D eigenvalue weighted by molar-refractivity contribution is -0.137. The molecule has 7 heteroatoms. The van der Waals surface area contributed by atoms with Gasteiger partial charge in [0.05, 0.1) is 18.7 Å². The van der Waals surface area contributed by atoms with Crippen LogP contribution in [0.1, 0.15) is 13.3 Å². The molecule has 0 atom stereocenters. The van der Waals surface area contributed by atoms with E-state index in [-0.39, 0.29) is 25.2 Å². The molecular formula is C13H16F2N2O3. The number of nitrogens with zero attached hydrogens (tertiary/aromatic N) is 1. The Morgan fingerprint density at radius 3 is 2.60 bits per heavy atom. The van der Waals surface area contributed by atoms with Crippen LogP contribution in [0.4, 0.5) is 14.5 Å². The van der Waals surface area contributed by atoms with Crippen LogP contribution in [0.2, 0.25) is 0 Å². The minimum absolute atomic E-state index is 0.0550. The van der Waals surface area contributed by atoms with Crippen LogP contribution in [0.25, 0.3) is 0 Å². The fraction of sp³-hybridized carbons (Fsp3) is 0.385. The van der Waals surface area contributed by atoms with Crippen molar-refractivity contribution in [2.75, 3.05) is 25.0 Å². The first-order chi connectivity index (χ1) is 9.42. The van der Waals surface area contributed by atoms with Gasteiger partial charge >= 0.3 is 5.97 Å². The number of anilines is 1. The predicted molar refractivity (Wildman–Crippen MR) is 69.4 cm³/mol. The lowest BCUT2D eigenvalue weighted by atomic mass is 10.3. The van der Waals surface area contributed by atoms with Gasteiger partial charge in [-0.25, -0.2) is 8.78 Å². The SMILES string of the molecule is CCN(CCC(=O)O)CC(=O)Nc1ccc(F)cc1F. The number of halogens is 2. The molecule has 0 unspecified atom stereocenters. The molecule has 0 aliphatic carbocycles. The first-order valence-electron chi connectivity index (χ1n) is 6.11. The number of carboxylic acid groups (broad SMARTS) is 1. The molecule has 0 heterocycles.